The van der Waals surface area contributed by atoms with Crippen LogP contribution >= 0.6 is 15.9 Å². The molecule has 0 fully saturated rings. The van der Waals surface area contributed by atoms with Gasteiger partial charge in [0.1, 0.15) is 11.5 Å². The molecule has 0 amide bonds. The zero-order chi connectivity index (χ0) is 17.0. The predicted molar refractivity (Wildman–Crippen MR) is 94.1 cm³/mol. The Morgan fingerprint density at radius 3 is 2.30 bits per heavy atom. The van der Waals surface area contributed by atoms with E-state index in [1.807, 2.05) is 32.0 Å². The standard InChI is InChI=1S/C16H11BrFNO2.C2H6/c1-21-16(20)15-14(17)12-7-4-10(8-13(12)19-15)9-2-5-11(18)6-3-9;1-2/h2-8,19H,1H3;1-2H3. The Morgan fingerprint density at radius 2 is 1.70 bits per heavy atom. The highest BCUT2D eigenvalue weighted by Gasteiger charge is 2.16. The minimum Gasteiger partial charge on any atom is -0.464 e. The molecule has 0 aliphatic rings. The average Bonchev–Trinajstić information content (AvgIpc) is 2.93. The summed E-state index contributed by atoms with van der Waals surface area (Å²) < 4.78 is 18.4. The van der Waals surface area contributed by atoms with E-state index in [0.717, 1.165) is 22.0 Å². The van der Waals surface area contributed by atoms with Gasteiger partial charge in [0.2, 0.25) is 0 Å². The van der Waals surface area contributed by atoms with Crippen molar-refractivity contribution >= 4 is 32.8 Å². The van der Waals surface area contributed by atoms with Gasteiger partial charge in [-0.05, 0) is 45.3 Å². The molecule has 0 bridgehead atoms. The zero-order valence-electron chi connectivity index (χ0n) is 13.1. The lowest BCUT2D eigenvalue weighted by Gasteiger charge is -2.02. The Hall–Kier alpha value is -2.14. The number of H-pyrrole nitrogens is 1. The van der Waals surface area contributed by atoms with Crippen LogP contribution in [-0.4, -0.2) is 18.1 Å². The highest BCUT2D eigenvalue weighted by molar-refractivity contribution is 9.10. The normalized spacial score (nSPS) is 10.1. The van der Waals surface area contributed by atoms with Crippen LogP contribution in [-0.2, 0) is 4.74 Å². The van der Waals surface area contributed by atoms with Gasteiger partial charge in [0, 0.05) is 10.9 Å². The molecule has 0 atom stereocenters. The fourth-order valence-corrected chi connectivity index (χ4v) is 2.83. The Kier molecular flexibility index (Phi) is 5.55. The molecule has 120 valence electrons. The van der Waals surface area contributed by atoms with Crippen LogP contribution in [0.25, 0.3) is 22.0 Å². The number of benzene rings is 2. The molecule has 0 saturated carbocycles. The Balaban J connectivity index is 0.000000924. The summed E-state index contributed by atoms with van der Waals surface area (Å²) in [6.07, 6.45) is 0. The average molecular weight is 378 g/mol. The van der Waals surface area contributed by atoms with Crippen LogP contribution in [0.1, 0.15) is 24.3 Å². The van der Waals surface area contributed by atoms with Crippen molar-refractivity contribution in [2.45, 2.75) is 13.8 Å². The van der Waals surface area contributed by atoms with Crippen LogP contribution < -0.4 is 0 Å². The summed E-state index contributed by atoms with van der Waals surface area (Å²) >= 11 is 3.40. The molecule has 3 aromatic rings. The van der Waals surface area contributed by atoms with E-state index in [0.29, 0.717) is 10.2 Å². The fourth-order valence-electron chi connectivity index (χ4n) is 2.23. The lowest BCUT2D eigenvalue weighted by atomic mass is 10.0. The van der Waals surface area contributed by atoms with E-state index in [1.165, 1.54) is 19.2 Å². The molecule has 0 radical (unpaired) electrons. The molecular weight excluding hydrogens is 361 g/mol. The molecule has 3 nitrogen and oxygen atoms in total. The minimum absolute atomic E-state index is 0.268. The van der Waals surface area contributed by atoms with Gasteiger partial charge in [0.25, 0.3) is 0 Å². The van der Waals surface area contributed by atoms with E-state index in [2.05, 4.69) is 20.9 Å². The highest BCUT2D eigenvalue weighted by Crippen LogP contribution is 2.31. The first kappa shape index (κ1) is 17.2. The van der Waals surface area contributed by atoms with Gasteiger partial charge in [-0.2, -0.15) is 0 Å². The molecule has 0 spiro atoms. The minimum atomic E-state index is -0.429. The smallest absolute Gasteiger partial charge is 0.355 e. The van der Waals surface area contributed by atoms with Crippen molar-refractivity contribution in [2.24, 2.45) is 0 Å². The van der Waals surface area contributed by atoms with E-state index >= 15 is 0 Å². The first-order chi connectivity index (χ1) is 11.1. The van der Waals surface area contributed by atoms with E-state index in [-0.39, 0.29) is 5.82 Å². The number of methoxy groups -OCH3 is 1. The third kappa shape index (κ3) is 3.45. The second-order valence-electron chi connectivity index (χ2n) is 4.57. The number of aromatic nitrogens is 1. The van der Waals surface area contributed by atoms with Crippen molar-refractivity contribution < 1.29 is 13.9 Å². The summed E-state index contributed by atoms with van der Waals surface area (Å²) in [6, 6.07) is 12.0. The lowest BCUT2D eigenvalue weighted by Crippen LogP contribution is -2.01. The van der Waals surface area contributed by atoms with Crippen LogP contribution in [0.3, 0.4) is 0 Å². The molecule has 5 heteroatoms. The summed E-state index contributed by atoms with van der Waals surface area (Å²) in [7, 11) is 1.34. The van der Waals surface area contributed by atoms with Gasteiger partial charge < -0.3 is 9.72 Å². The molecule has 0 saturated heterocycles. The van der Waals surface area contributed by atoms with E-state index < -0.39 is 5.97 Å². The van der Waals surface area contributed by atoms with E-state index in [9.17, 15) is 9.18 Å². The SMILES string of the molecule is CC.COC(=O)c1[nH]c2cc(-c3ccc(F)cc3)ccc2c1Br. The molecule has 1 N–H and O–H groups in total. The summed E-state index contributed by atoms with van der Waals surface area (Å²) in [4.78, 5) is 14.7. The van der Waals surface area contributed by atoms with Crippen molar-refractivity contribution in [1.82, 2.24) is 4.98 Å². The third-order valence-electron chi connectivity index (χ3n) is 3.30. The summed E-state index contributed by atoms with van der Waals surface area (Å²) in [6.45, 7) is 4.00. The lowest BCUT2D eigenvalue weighted by molar-refractivity contribution is 0.0594. The van der Waals surface area contributed by atoms with Crippen LogP contribution in [0.4, 0.5) is 4.39 Å². The molecule has 0 unspecified atom stereocenters. The third-order valence-corrected chi connectivity index (χ3v) is 4.13. The molecule has 3 rings (SSSR count). The Labute approximate surface area is 142 Å². The number of ether oxygens (including phenoxy) is 1. The fraction of sp³-hybridized carbons (Fsp3) is 0.167. The quantitative estimate of drug-likeness (QED) is 0.594. The van der Waals surface area contributed by atoms with Crippen LogP contribution in [0, 0.1) is 5.82 Å². The second kappa shape index (κ2) is 7.42. The number of rotatable bonds is 2. The summed E-state index contributed by atoms with van der Waals surface area (Å²) in [5, 5.41) is 0.890. The number of carbonyl (C=O) groups excluding carboxylic acids is 1. The van der Waals surface area contributed by atoms with Gasteiger partial charge in [-0.1, -0.05) is 38.1 Å². The molecule has 1 heterocycles. The predicted octanol–water partition coefficient (Wildman–Crippen LogP) is 5.55. The first-order valence-corrected chi connectivity index (χ1v) is 8.05. The molecule has 2 aromatic carbocycles. The van der Waals surface area contributed by atoms with Crippen molar-refractivity contribution in [3.8, 4) is 11.1 Å². The number of esters is 1. The van der Waals surface area contributed by atoms with Gasteiger partial charge in [0.15, 0.2) is 0 Å². The molecule has 0 aliphatic heterocycles. The molecule has 1 aromatic heterocycles. The van der Waals surface area contributed by atoms with E-state index in [4.69, 9.17) is 4.74 Å². The Bertz CT molecular complexity index is 825. The molecular formula is C18H17BrFNO2. The number of aromatic amines is 1. The topological polar surface area (TPSA) is 42.1 Å². The highest BCUT2D eigenvalue weighted by atomic mass is 79.9. The number of carbonyl (C=O) groups is 1. The summed E-state index contributed by atoms with van der Waals surface area (Å²) in [5.74, 6) is -0.697. The van der Waals surface area contributed by atoms with Crippen molar-refractivity contribution in [3.63, 3.8) is 0 Å². The summed E-state index contributed by atoms with van der Waals surface area (Å²) in [5.41, 5.74) is 3.03. The maximum absolute atomic E-state index is 13.0. The maximum atomic E-state index is 13.0. The number of nitrogens with one attached hydrogen (secondary N) is 1. The van der Waals surface area contributed by atoms with Gasteiger partial charge in [-0.25, -0.2) is 9.18 Å². The van der Waals surface area contributed by atoms with Gasteiger partial charge >= 0.3 is 5.97 Å². The van der Waals surface area contributed by atoms with E-state index in [1.54, 1.807) is 12.1 Å². The van der Waals surface area contributed by atoms with Crippen molar-refractivity contribution in [1.29, 1.82) is 0 Å². The van der Waals surface area contributed by atoms with Crippen molar-refractivity contribution in [3.05, 3.63) is 58.4 Å². The number of hydrogen-bond donors (Lipinski definition) is 1. The van der Waals surface area contributed by atoms with Crippen LogP contribution in [0.2, 0.25) is 0 Å². The Morgan fingerprint density at radius 1 is 1.09 bits per heavy atom. The number of hydrogen-bond acceptors (Lipinski definition) is 2. The molecule has 23 heavy (non-hydrogen) atoms. The second-order valence-corrected chi connectivity index (χ2v) is 5.37. The van der Waals surface area contributed by atoms with Crippen molar-refractivity contribution in [2.75, 3.05) is 7.11 Å². The maximum Gasteiger partial charge on any atom is 0.355 e. The van der Waals surface area contributed by atoms with Gasteiger partial charge in [0.05, 0.1) is 11.6 Å². The molecule has 0 aliphatic carbocycles. The number of halogens is 2. The van der Waals surface area contributed by atoms with Gasteiger partial charge in [-0.15, -0.1) is 0 Å². The number of fused-ring (bicyclic) bond motifs is 1. The van der Waals surface area contributed by atoms with Gasteiger partial charge in [-0.3, -0.25) is 0 Å². The largest absolute Gasteiger partial charge is 0.464 e. The first-order valence-electron chi connectivity index (χ1n) is 7.25. The van der Waals surface area contributed by atoms with Crippen LogP contribution in [0.15, 0.2) is 46.9 Å². The monoisotopic (exact) mass is 377 g/mol. The zero-order valence-corrected chi connectivity index (χ0v) is 14.7. The van der Waals surface area contributed by atoms with Crippen LogP contribution in [0.5, 0.6) is 0 Å².